The highest BCUT2D eigenvalue weighted by atomic mass is 19.1. The molecule has 0 bridgehead atoms. The Kier molecular flexibility index (Phi) is 4.27. The zero-order chi connectivity index (χ0) is 17.9. The highest BCUT2D eigenvalue weighted by Crippen LogP contribution is 2.34. The number of nitrogens with one attached hydrogen (secondary N) is 1. The van der Waals surface area contributed by atoms with Crippen LogP contribution in [0.1, 0.15) is 16.1 Å². The quantitative estimate of drug-likeness (QED) is 0.779. The van der Waals surface area contributed by atoms with Crippen LogP contribution in [0.4, 0.5) is 4.39 Å². The van der Waals surface area contributed by atoms with Crippen molar-refractivity contribution in [2.45, 2.75) is 6.54 Å². The summed E-state index contributed by atoms with van der Waals surface area (Å²) < 4.78 is 29.3. The van der Waals surface area contributed by atoms with E-state index in [1.807, 2.05) is 18.2 Å². The van der Waals surface area contributed by atoms with Crippen LogP contribution in [-0.4, -0.2) is 24.3 Å². The van der Waals surface area contributed by atoms with Gasteiger partial charge in [0.25, 0.3) is 5.91 Å². The van der Waals surface area contributed by atoms with Gasteiger partial charge >= 0.3 is 0 Å². The molecule has 26 heavy (non-hydrogen) atoms. The molecule has 0 unspecified atom stereocenters. The molecule has 1 aliphatic heterocycles. The van der Waals surface area contributed by atoms with Gasteiger partial charge in [-0.1, -0.05) is 5.16 Å². The predicted octanol–water partition coefficient (Wildman–Crippen LogP) is 3.18. The molecule has 1 aromatic heterocycles. The van der Waals surface area contributed by atoms with Gasteiger partial charge in [0.2, 0.25) is 0 Å². The van der Waals surface area contributed by atoms with Gasteiger partial charge < -0.3 is 19.3 Å². The van der Waals surface area contributed by atoms with E-state index in [-0.39, 0.29) is 18.3 Å². The van der Waals surface area contributed by atoms with E-state index in [1.165, 1.54) is 24.3 Å². The minimum Gasteiger partial charge on any atom is -0.486 e. The van der Waals surface area contributed by atoms with Crippen molar-refractivity contribution in [2.24, 2.45) is 0 Å². The first kappa shape index (κ1) is 16.1. The number of aromatic nitrogens is 1. The van der Waals surface area contributed by atoms with Crippen LogP contribution < -0.4 is 14.8 Å². The number of benzene rings is 2. The molecule has 3 aromatic rings. The van der Waals surface area contributed by atoms with Crippen LogP contribution >= 0.6 is 0 Å². The summed E-state index contributed by atoms with van der Waals surface area (Å²) in [4.78, 5) is 12.0. The van der Waals surface area contributed by atoms with Crippen molar-refractivity contribution in [1.82, 2.24) is 10.5 Å². The predicted molar refractivity (Wildman–Crippen MR) is 90.5 cm³/mol. The van der Waals surface area contributed by atoms with Gasteiger partial charge in [-0.3, -0.25) is 4.79 Å². The maximum atomic E-state index is 12.9. The fourth-order valence-electron chi connectivity index (χ4n) is 2.60. The molecule has 6 nitrogen and oxygen atoms in total. The molecule has 0 saturated carbocycles. The summed E-state index contributed by atoms with van der Waals surface area (Å²) in [5.41, 5.74) is 1.75. The summed E-state index contributed by atoms with van der Waals surface area (Å²) in [6, 6.07) is 12.6. The Balaban J connectivity index is 1.43. The summed E-state index contributed by atoms with van der Waals surface area (Å²) in [6.07, 6.45) is 0. The lowest BCUT2D eigenvalue weighted by Gasteiger charge is -2.18. The van der Waals surface area contributed by atoms with E-state index >= 15 is 0 Å². The van der Waals surface area contributed by atoms with Gasteiger partial charge in [-0.2, -0.15) is 0 Å². The van der Waals surface area contributed by atoms with Gasteiger partial charge in [0, 0.05) is 17.2 Å². The molecule has 1 N–H and O–H groups in total. The first-order valence-electron chi connectivity index (χ1n) is 8.08. The van der Waals surface area contributed by atoms with Crippen LogP contribution in [0.5, 0.6) is 11.5 Å². The number of hydrogen-bond acceptors (Lipinski definition) is 5. The normalized spacial score (nSPS) is 12.7. The van der Waals surface area contributed by atoms with Gasteiger partial charge in [-0.15, -0.1) is 0 Å². The highest BCUT2D eigenvalue weighted by Gasteiger charge is 2.15. The average Bonchev–Trinajstić information content (AvgIpc) is 3.15. The van der Waals surface area contributed by atoms with Gasteiger partial charge in [0.15, 0.2) is 17.3 Å². The van der Waals surface area contributed by atoms with Crippen molar-refractivity contribution in [3.63, 3.8) is 0 Å². The summed E-state index contributed by atoms with van der Waals surface area (Å²) in [5, 5.41) is 6.68. The largest absolute Gasteiger partial charge is 0.486 e. The molecule has 132 valence electrons. The van der Waals surface area contributed by atoms with E-state index in [2.05, 4.69) is 10.5 Å². The molecular formula is C19H15FN2O4. The van der Waals surface area contributed by atoms with Crippen LogP contribution in [0.15, 0.2) is 53.1 Å². The molecule has 2 aromatic carbocycles. The molecule has 1 amide bonds. The summed E-state index contributed by atoms with van der Waals surface area (Å²) in [5.74, 6) is 1.23. The summed E-state index contributed by atoms with van der Waals surface area (Å²) in [7, 11) is 0. The third-order valence-electron chi connectivity index (χ3n) is 3.92. The van der Waals surface area contributed by atoms with Crippen molar-refractivity contribution < 1.29 is 23.2 Å². The topological polar surface area (TPSA) is 73.6 Å². The number of nitrogens with zero attached hydrogens (tertiary/aromatic N) is 1. The van der Waals surface area contributed by atoms with E-state index in [4.69, 9.17) is 14.0 Å². The highest BCUT2D eigenvalue weighted by molar-refractivity contribution is 5.94. The Morgan fingerprint density at radius 1 is 1.04 bits per heavy atom. The summed E-state index contributed by atoms with van der Waals surface area (Å²) >= 11 is 0. The number of amides is 1. The minimum absolute atomic E-state index is 0.199. The van der Waals surface area contributed by atoms with Crippen molar-refractivity contribution in [2.75, 3.05) is 13.2 Å². The molecule has 0 spiro atoms. The molecule has 0 fully saturated rings. The monoisotopic (exact) mass is 354 g/mol. The van der Waals surface area contributed by atoms with Crippen LogP contribution in [0.3, 0.4) is 0 Å². The van der Waals surface area contributed by atoms with Gasteiger partial charge in [0.1, 0.15) is 24.7 Å². The maximum Gasteiger partial charge on any atom is 0.251 e. The third-order valence-corrected chi connectivity index (χ3v) is 3.92. The lowest BCUT2D eigenvalue weighted by Crippen LogP contribution is -2.22. The molecule has 4 rings (SSSR count). The van der Waals surface area contributed by atoms with Gasteiger partial charge in [0.05, 0.1) is 6.54 Å². The Labute approximate surface area is 148 Å². The standard InChI is InChI=1S/C19H15FN2O4/c20-14-4-1-12(2-5-14)19(23)21-11-15-10-17(26-22-15)13-3-6-16-18(9-13)25-8-7-24-16/h1-6,9-10H,7-8,11H2,(H,21,23). The van der Waals surface area contributed by atoms with Crippen molar-refractivity contribution in [3.05, 3.63) is 65.6 Å². The number of fused-ring (bicyclic) bond motifs is 1. The van der Waals surface area contributed by atoms with Gasteiger partial charge in [-0.25, -0.2) is 4.39 Å². The average molecular weight is 354 g/mol. The van der Waals surface area contributed by atoms with E-state index < -0.39 is 0 Å². The molecule has 0 saturated heterocycles. The number of hydrogen-bond donors (Lipinski definition) is 1. The Morgan fingerprint density at radius 2 is 1.81 bits per heavy atom. The van der Waals surface area contributed by atoms with E-state index in [0.29, 0.717) is 41.7 Å². The minimum atomic E-state index is -0.387. The van der Waals surface area contributed by atoms with Crippen molar-refractivity contribution >= 4 is 5.91 Å². The smallest absolute Gasteiger partial charge is 0.251 e. The number of carbonyl (C=O) groups is 1. The van der Waals surface area contributed by atoms with Crippen LogP contribution in [0, 0.1) is 5.82 Å². The maximum absolute atomic E-state index is 12.9. The zero-order valence-electron chi connectivity index (χ0n) is 13.7. The fourth-order valence-corrected chi connectivity index (χ4v) is 2.60. The van der Waals surface area contributed by atoms with Gasteiger partial charge in [-0.05, 0) is 42.5 Å². The Morgan fingerprint density at radius 3 is 2.62 bits per heavy atom. The summed E-state index contributed by atoms with van der Waals surface area (Å²) in [6.45, 7) is 1.24. The molecule has 0 radical (unpaired) electrons. The second-order valence-electron chi connectivity index (χ2n) is 5.73. The Bertz CT molecular complexity index is 937. The number of halogens is 1. The van der Waals surface area contributed by atoms with Crippen molar-refractivity contribution in [3.8, 4) is 22.8 Å². The molecule has 7 heteroatoms. The first-order valence-corrected chi connectivity index (χ1v) is 8.08. The lowest BCUT2D eigenvalue weighted by atomic mass is 10.1. The number of ether oxygens (including phenoxy) is 2. The Hall–Kier alpha value is -3.35. The number of carbonyl (C=O) groups excluding carboxylic acids is 1. The third kappa shape index (κ3) is 3.37. The van der Waals surface area contributed by atoms with E-state index in [9.17, 15) is 9.18 Å². The molecule has 1 aliphatic rings. The molecule has 0 atom stereocenters. The van der Waals surface area contributed by atoms with E-state index in [0.717, 1.165) is 5.56 Å². The molecular weight excluding hydrogens is 339 g/mol. The van der Waals surface area contributed by atoms with E-state index in [1.54, 1.807) is 6.07 Å². The number of rotatable bonds is 4. The van der Waals surface area contributed by atoms with Crippen LogP contribution in [-0.2, 0) is 6.54 Å². The SMILES string of the molecule is O=C(NCc1cc(-c2ccc3c(c2)OCCO3)on1)c1ccc(F)cc1. The van der Waals surface area contributed by atoms with Crippen LogP contribution in [0.25, 0.3) is 11.3 Å². The fraction of sp³-hybridized carbons (Fsp3) is 0.158. The molecule has 0 aliphatic carbocycles. The second-order valence-corrected chi connectivity index (χ2v) is 5.73. The first-order chi connectivity index (χ1) is 12.7. The zero-order valence-corrected chi connectivity index (χ0v) is 13.7. The second kappa shape index (κ2) is 6.87. The lowest BCUT2D eigenvalue weighted by molar-refractivity contribution is 0.0950. The molecule has 2 heterocycles. The van der Waals surface area contributed by atoms with Crippen LogP contribution in [0.2, 0.25) is 0 Å². The van der Waals surface area contributed by atoms with Crippen molar-refractivity contribution in [1.29, 1.82) is 0 Å².